The predicted octanol–water partition coefficient (Wildman–Crippen LogP) is 3.61. The fourth-order valence-corrected chi connectivity index (χ4v) is 8.32. The smallest absolute Gasteiger partial charge is 0.193 e. The SMILES string of the molecule is C[SiH](CCCOc1ccc(C(=O)C(C)(C)O)cc1)O[Si](C)(C)C. The topological polar surface area (TPSA) is 55.8 Å². The van der Waals surface area contributed by atoms with Gasteiger partial charge in [-0.1, -0.05) is 0 Å². The Balaban J connectivity index is 2.38. The normalized spacial score (nSPS) is 13.7. The van der Waals surface area contributed by atoms with Crippen molar-refractivity contribution in [2.24, 2.45) is 0 Å². The van der Waals surface area contributed by atoms with Crippen LogP contribution in [0, 0.1) is 0 Å². The van der Waals surface area contributed by atoms with E-state index in [-0.39, 0.29) is 5.78 Å². The van der Waals surface area contributed by atoms with Crippen molar-refractivity contribution in [3.05, 3.63) is 29.8 Å². The maximum Gasteiger partial charge on any atom is 0.193 e. The van der Waals surface area contributed by atoms with E-state index in [1.807, 2.05) is 0 Å². The van der Waals surface area contributed by atoms with Crippen molar-refractivity contribution >= 4 is 23.1 Å². The van der Waals surface area contributed by atoms with E-state index < -0.39 is 23.0 Å². The molecule has 4 nitrogen and oxygen atoms in total. The minimum atomic E-state index is -1.41. The molecule has 1 atom stereocenters. The number of ketones is 1. The molecule has 0 spiro atoms. The number of hydrogen-bond acceptors (Lipinski definition) is 4. The second kappa shape index (κ2) is 8.23. The zero-order chi connectivity index (χ0) is 17.7. The van der Waals surface area contributed by atoms with Crippen LogP contribution < -0.4 is 4.74 Å². The Bertz CT molecular complexity index is 501. The van der Waals surface area contributed by atoms with Gasteiger partial charge in [-0.25, -0.2) is 0 Å². The third-order valence-electron chi connectivity index (χ3n) is 3.25. The van der Waals surface area contributed by atoms with Crippen LogP contribution in [0.25, 0.3) is 0 Å². The molecule has 0 saturated carbocycles. The second-order valence-corrected chi connectivity index (χ2v) is 14.8. The summed E-state index contributed by atoms with van der Waals surface area (Å²) in [4.78, 5) is 11.9. The molecule has 6 heteroatoms. The largest absolute Gasteiger partial charge is 0.494 e. The van der Waals surface area contributed by atoms with Gasteiger partial charge in [0.2, 0.25) is 0 Å². The molecule has 0 fully saturated rings. The van der Waals surface area contributed by atoms with Crippen molar-refractivity contribution in [3.8, 4) is 5.75 Å². The molecular weight excluding hydrogens is 324 g/mol. The van der Waals surface area contributed by atoms with Crippen LogP contribution in [0.4, 0.5) is 0 Å². The number of rotatable bonds is 9. The van der Waals surface area contributed by atoms with E-state index >= 15 is 0 Å². The fraction of sp³-hybridized carbons (Fsp3) is 0.588. The molecule has 0 heterocycles. The van der Waals surface area contributed by atoms with Crippen molar-refractivity contribution in [2.75, 3.05) is 6.61 Å². The van der Waals surface area contributed by atoms with Crippen LogP contribution in [0.1, 0.15) is 30.6 Å². The maximum absolute atomic E-state index is 11.9. The van der Waals surface area contributed by atoms with E-state index in [1.165, 1.54) is 13.8 Å². The van der Waals surface area contributed by atoms with Crippen LogP contribution in [0.15, 0.2) is 24.3 Å². The van der Waals surface area contributed by atoms with Crippen LogP contribution in [0.3, 0.4) is 0 Å². The lowest BCUT2D eigenvalue weighted by molar-refractivity contribution is 0.0488. The highest BCUT2D eigenvalue weighted by atomic mass is 28.4. The Morgan fingerprint density at radius 2 is 1.78 bits per heavy atom. The van der Waals surface area contributed by atoms with E-state index in [2.05, 4.69) is 26.2 Å². The van der Waals surface area contributed by atoms with Gasteiger partial charge in [-0.15, -0.1) is 0 Å². The van der Waals surface area contributed by atoms with Gasteiger partial charge < -0.3 is 14.0 Å². The van der Waals surface area contributed by atoms with Gasteiger partial charge in [-0.3, -0.25) is 4.79 Å². The molecule has 1 unspecified atom stereocenters. The first kappa shape index (κ1) is 20.1. The lowest BCUT2D eigenvalue weighted by Crippen LogP contribution is -2.33. The van der Waals surface area contributed by atoms with Crippen molar-refractivity contribution in [2.45, 2.75) is 58.1 Å². The quantitative estimate of drug-likeness (QED) is 0.418. The van der Waals surface area contributed by atoms with E-state index in [0.717, 1.165) is 18.2 Å². The minimum Gasteiger partial charge on any atom is -0.494 e. The van der Waals surface area contributed by atoms with E-state index in [0.29, 0.717) is 12.2 Å². The molecule has 0 radical (unpaired) electrons. The standard InChI is InChI=1S/C17H30O4Si2/c1-17(2,19)16(18)14-8-10-15(11-9-14)20-12-7-13-22(3)21-23(4,5)6/h8-11,19,22H,7,12-13H2,1-6H3. The van der Waals surface area contributed by atoms with Crippen molar-refractivity contribution in [3.63, 3.8) is 0 Å². The zero-order valence-corrected chi connectivity index (χ0v) is 17.3. The van der Waals surface area contributed by atoms with Crippen LogP contribution in [0.2, 0.25) is 32.2 Å². The molecule has 0 amide bonds. The van der Waals surface area contributed by atoms with Crippen molar-refractivity contribution in [1.82, 2.24) is 0 Å². The molecule has 0 aliphatic carbocycles. The summed E-state index contributed by atoms with van der Waals surface area (Å²) in [6.45, 7) is 12.6. The Morgan fingerprint density at radius 1 is 1.22 bits per heavy atom. The van der Waals surface area contributed by atoms with Crippen molar-refractivity contribution in [1.29, 1.82) is 0 Å². The summed E-state index contributed by atoms with van der Waals surface area (Å²) in [6.07, 6.45) is 0.988. The fourth-order valence-electron chi connectivity index (χ4n) is 2.28. The molecule has 1 N–H and O–H groups in total. The van der Waals surface area contributed by atoms with Gasteiger partial charge in [-0.2, -0.15) is 0 Å². The van der Waals surface area contributed by atoms with Gasteiger partial charge >= 0.3 is 0 Å². The molecule has 130 valence electrons. The van der Waals surface area contributed by atoms with Gasteiger partial charge in [0, 0.05) is 5.56 Å². The highest BCUT2D eigenvalue weighted by Crippen LogP contribution is 2.17. The molecule has 0 aromatic heterocycles. The third-order valence-corrected chi connectivity index (χ3v) is 8.91. The maximum atomic E-state index is 11.9. The van der Waals surface area contributed by atoms with E-state index in [1.54, 1.807) is 24.3 Å². The Hall–Kier alpha value is -0.956. The number of carbonyl (C=O) groups is 1. The summed E-state index contributed by atoms with van der Waals surface area (Å²) in [5.74, 6) is 0.463. The summed E-state index contributed by atoms with van der Waals surface area (Å²) in [6, 6.07) is 8.05. The zero-order valence-electron chi connectivity index (χ0n) is 15.2. The molecule has 0 saturated heterocycles. The molecule has 1 aromatic rings. The van der Waals surface area contributed by atoms with Crippen LogP contribution in [-0.4, -0.2) is 40.5 Å². The monoisotopic (exact) mass is 354 g/mol. The van der Waals surface area contributed by atoms with Gasteiger partial charge in [0.1, 0.15) is 11.4 Å². The summed E-state index contributed by atoms with van der Waals surface area (Å²) < 4.78 is 11.8. The van der Waals surface area contributed by atoms with Crippen molar-refractivity contribution < 1.29 is 18.8 Å². The van der Waals surface area contributed by atoms with Gasteiger partial charge in [0.15, 0.2) is 23.1 Å². The van der Waals surface area contributed by atoms with Crippen LogP contribution >= 0.6 is 0 Å². The summed E-state index contributed by atoms with van der Waals surface area (Å²) >= 11 is 0. The molecule has 0 aliphatic rings. The lowest BCUT2D eigenvalue weighted by atomic mass is 9.97. The summed E-state index contributed by atoms with van der Waals surface area (Å²) in [7, 11) is -2.49. The number of Topliss-reactive ketones (excluding diaryl/α,β-unsaturated/α-hetero) is 1. The Labute approximate surface area is 142 Å². The van der Waals surface area contributed by atoms with Crippen LogP contribution in [0.5, 0.6) is 5.75 Å². The summed E-state index contributed by atoms with van der Waals surface area (Å²) in [5.41, 5.74) is -0.853. The van der Waals surface area contributed by atoms with Gasteiger partial charge in [0.25, 0.3) is 0 Å². The highest BCUT2D eigenvalue weighted by Gasteiger charge is 2.25. The molecule has 0 bridgehead atoms. The van der Waals surface area contributed by atoms with E-state index in [9.17, 15) is 9.90 Å². The minimum absolute atomic E-state index is 0.285. The Morgan fingerprint density at radius 3 is 2.26 bits per heavy atom. The lowest BCUT2D eigenvalue weighted by Gasteiger charge is -2.23. The third kappa shape index (κ3) is 7.92. The van der Waals surface area contributed by atoms with Crippen LogP contribution in [-0.2, 0) is 4.12 Å². The molecule has 1 aromatic carbocycles. The number of hydrogen-bond donors (Lipinski definition) is 1. The number of benzene rings is 1. The average Bonchev–Trinajstić information content (AvgIpc) is 2.40. The first-order valence-corrected chi connectivity index (χ1v) is 14.0. The molecular formula is C17H30O4Si2. The van der Waals surface area contributed by atoms with E-state index in [4.69, 9.17) is 8.85 Å². The number of ether oxygens (including phenoxy) is 1. The molecule has 1 rings (SSSR count). The average molecular weight is 355 g/mol. The first-order valence-electron chi connectivity index (χ1n) is 8.17. The Kier molecular flexibility index (Phi) is 7.19. The first-order chi connectivity index (χ1) is 10.5. The predicted molar refractivity (Wildman–Crippen MR) is 99.4 cm³/mol. The highest BCUT2D eigenvalue weighted by molar-refractivity contribution is 6.77. The second-order valence-electron chi connectivity index (χ2n) is 7.44. The number of aliphatic hydroxyl groups is 1. The summed E-state index contributed by atoms with van der Waals surface area (Å²) in [5, 5.41) is 9.73. The molecule has 23 heavy (non-hydrogen) atoms. The van der Waals surface area contributed by atoms with Gasteiger partial charge in [-0.05, 0) is 76.8 Å². The number of carbonyl (C=O) groups excluding carboxylic acids is 1. The molecule has 0 aliphatic heterocycles. The van der Waals surface area contributed by atoms with Gasteiger partial charge in [0.05, 0.1) is 6.61 Å².